The summed E-state index contributed by atoms with van der Waals surface area (Å²) in [7, 11) is 0. The molecule has 0 bridgehead atoms. The molecule has 17 heteroatoms. The molecule has 0 radical (unpaired) electrons. The Labute approximate surface area is 402 Å². The number of hydrogen-bond donors (Lipinski definition) is 5. The summed E-state index contributed by atoms with van der Waals surface area (Å²) < 4.78 is 12.0. The summed E-state index contributed by atoms with van der Waals surface area (Å²) >= 11 is 7.80. The second-order valence-electron chi connectivity index (χ2n) is 19.1. The molecular weight excluding hydrogens is 892 g/mol. The van der Waals surface area contributed by atoms with Crippen molar-refractivity contribution in [3.05, 3.63) is 93.8 Å². The molecular formula is C50H63ClN8O7S. The van der Waals surface area contributed by atoms with Crippen LogP contribution in [0.15, 0.2) is 66.3 Å². The number of nitriles is 1. The van der Waals surface area contributed by atoms with Gasteiger partial charge in [0.25, 0.3) is 5.91 Å². The Morgan fingerprint density at radius 1 is 0.985 bits per heavy atom. The minimum Gasteiger partial charge on any atom is -0.489 e. The number of carbonyl (C=O) groups excluding carboxylic acids is 4. The highest BCUT2D eigenvalue weighted by Crippen LogP contribution is 2.55. The van der Waals surface area contributed by atoms with Gasteiger partial charge in [0, 0.05) is 49.1 Å². The largest absolute Gasteiger partial charge is 0.489 e. The van der Waals surface area contributed by atoms with E-state index in [-0.39, 0.29) is 55.5 Å². The summed E-state index contributed by atoms with van der Waals surface area (Å²) in [6.45, 7) is 16.5. The Kier molecular flexibility index (Phi) is 16.7. The lowest BCUT2D eigenvalue weighted by Crippen LogP contribution is -2.74. The smallest absolute Gasteiger partial charge is 0.270 e. The van der Waals surface area contributed by atoms with E-state index in [0.717, 1.165) is 46.6 Å². The fourth-order valence-corrected chi connectivity index (χ4v) is 10.5. The number of aliphatic hydroxyl groups excluding tert-OH is 1. The van der Waals surface area contributed by atoms with Crippen LogP contribution in [-0.2, 0) is 19.1 Å². The first-order chi connectivity index (χ1) is 31.8. The number of anilines is 1. The number of aromatic nitrogens is 2. The van der Waals surface area contributed by atoms with Crippen molar-refractivity contribution >= 4 is 52.3 Å². The highest BCUT2D eigenvalue weighted by Gasteiger charge is 2.64. The number of thiazole rings is 1. The molecule has 2 aliphatic rings. The first-order valence-electron chi connectivity index (χ1n) is 22.8. The summed E-state index contributed by atoms with van der Waals surface area (Å²) in [4.78, 5) is 64.9. The average molecular weight is 956 g/mol. The van der Waals surface area contributed by atoms with Crippen molar-refractivity contribution < 1.29 is 33.8 Å². The van der Waals surface area contributed by atoms with E-state index in [1.54, 1.807) is 41.8 Å². The molecule has 3 heterocycles. The van der Waals surface area contributed by atoms with Gasteiger partial charge in [0.2, 0.25) is 17.7 Å². The van der Waals surface area contributed by atoms with Gasteiger partial charge in [0.15, 0.2) is 0 Å². The number of nitrogens with zero attached hydrogens (tertiary/aromatic N) is 4. The fourth-order valence-electron chi connectivity index (χ4n) is 9.45. The zero-order valence-corrected chi connectivity index (χ0v) is 41.1. The van der Waals surface area contributed by atoms with Gasteiger partial charge in [-0.3, -0.25) is 19.2 Å². The van der Waals surface area contributed by atoms with Gasteiger partial charge >= 0.3 is 0 Å². The minimum atomic E-state index is -0.904. The van der Waals surface area contributed by atoms with E-state index in [1.807, 2.05) is 91.2 Å². The Morgan fingerprint density at radius 2 is 1.72 bits per heavy atom. The average Bonchev–Trinajstić information content (AvgIpc) is 3.92. The number of aryl methyl sites for hydroxylation is 1. The van der Waals surface area contributed by atoms with E-state index in [2.05, 4.69) is 37.3 Å². The van der Waals surface area contributed by atoms with Crippen LogP contribution >= 0.6 is 22.9 Å². The molecule has 15 nitrogen and oxygen atoms in total. The van der Waals surface area contributed by atoms with Crippen LogP contribution < -0.4 is 26.0 Å². The third-order valence-electron chi connectivity index (χ3n) is 12.8. The van der Waals surface area contributed by atoms with Gasteiger partial charge in [-0.15, -0.1) is 11.3 Å². The SMILES string of the molecule is Cc1ncsc1-c1ccc(C(C)NC(=O)[C@@H]2C[C@@H](O)CN2C(=O)C(NC(=O)COCCCCCNc2ccc(C(=O)N[C@H]3C(C)(C)[C@H](Oc4ccc(C#N)c(Cl)c4)C3(C)C)nc2)C(C)C)cc1. The number of amides is 4. The molecule has 2 fully saturated rings. The van der Waals surface area contributed by atoms with Crippen molar-refractivity contribution in [1.82, 2.24) is 30.8 Å². The maximum absolute atomic E-state index is 13.8. The summed E-state index contributed by atoms with van der Waals surface area (Å²) in [6.07, 6.45) is 3.04. The van der Waals surface area contributed by atoms with Gasteiger partial charge in [-0.05, 0) is 74.4 Å². The van der Waals surface area contributed by atoms with Crippen molar-refractivity contribution in [2.75, 3.05) is 31.6 Å². The Bertz CT molecular complexity index is 2400. The second kappa shape index (κ2) is 22.0. The van der Waals surface area contributed by atoms with Crippen molar-refractivity contribution in [3.8, 4) is 22.3 Å². The van der Waals surface area contributed by atoms with Crippen LogP contribution in [0.2, 0.25) is 5.02 Å². The van der Waals surface area contributed by atoms with E-state index in [1.165, 1.54) is 4.90 Å². The first-order valence-corrected chi connectivity index (χ1v) is 24.1. The molecule has 0 spiro atoms. The maximum Gasteiger partial charge on any atom is 0.270 e. The lowest BCUT2D eigenvalue weighted by molar-refractivity contribution is -0.164. The van der Waals surface area contributed by atoms with Gasteiger partial charge in [-0.2, -0.15) is 5.26 Å². The van der Waals surface area contributed by atoms with Gasteiger partial charge < -0.3 is 40.7 Å². The van der Waals surface area contributed by atoms with Crippen LogP contribution in [0.1, 0.15) is 108 Å². The molecule has 2 unspecified atom stereocenters. The van der Waals surface area contributed by atoms with Crippen molar-refractivity contribution in [2.45, 2.75) is 117 Å². The predicted octanol–water partition coefficient (Wildman–Crippen LogP) is 7.23. The van der Waals surface area contributed by atoms with Gasteiger partial charge in [-0.1, -0.05) is 77.4 Å². The number of nitrogens with one attached hydrogen (secondary N) is 4. The van der Waals surface area contributed by atoms with Crippen molar-refractivity contribution in [3.63, 3.8) is 0 Å². The van der Waals surface area contributed by atoms with Crippen LogP contribution in [0.3, 0.4) is 0 Å². The lowest BCUT2D eigenvalue weighted by atomic mass is 9.49. The summed E-state index contributed by atoms with van der Waals surface area (Å²) in [6, 6.07) is 16.2. The number of hydrogen-bond acceptors (Lipinski definition) is 12. The Morgan fingerprint density at radius 3 is 2.34 bits per heavy atom. The monoisotopic (exact) mass is 954 g/mol. The van der Waals surface area contributed by atoms with E-state index in [0.29, 0.717) is 35.2 Å². The number of benzene rings is 2. The van der Waals surface area contributed by atoms with Crippen LogP contribution in [-0.4, -0.2) is 100 Å². The normalized spacial score (nSPS) is 20.2. The summed E-state index contributed by atoms with van der Waals surface area (Å²) in [5.74, 6) is -1.21. The second-order valence-corrected chi connectivity index (χ2v) is 20.3. The van der Waals surface area contributed by atoms with Crippen LogP contribution in [0.25, 0.3) is 10.4 Å². The quantitative estimate of drug-likeness (QED) is 0.0559. The molecule has 358 valence electrons. The molecule has 4 amide bonds. The van der Waals surface area contributed by atoms with E-state index < -0.39 is 40.8 Å². The summed E-state index contributed by atoms with van der Waals surface area (Å²) in [5, 5.41) is 32.4. The number of aliphatic hydroxyl groups is 1. The zero-order chi connectivity index (χ0) is 48.6. The molecule has 67 heavy (non-hydrogen) atoms. The molecule has 2 aromatic heterocycles. The molecule has 1 aliphatic carbocycles. The molecule has 1 saturated heterocycles. The third kappa shape index (κ3) is 12.1. The van der Waals surface area contributed by atoms with Gasteiger partial charge in [-0.25, -0.2) is 9.97 Å². The number of unbranched alkanes of at least 4 members (excludes halogenated alkanes) is 2. The molecule has 5 N–H and O–H groups in total. The molecule has 1 aliphatic heterocycles. The minimum absolute atomic E-state index is 0.00639. The van der Waals surface area contributed by atoms with E-state index in [4.69, 9.17) is 21.1 Å². The Balaban J connectivity index is 0.873. The lowest BCUT2D eigenvalue weighted by Gasteiger charge is -2.63. The fraction of sp³-hybridized carbons (Fsp3) is 0.500. The predicted molar refractivity (Wildman–Crippen MR) is 259 cm³/mol. The molecule has 1 saturated carbocycles. The topological polar surface area (TPSA) is 208 Å². The number of likely N-dealkylation sites (tertiary alicyclic amines) is 1. The highest BCUT2D eigenvalue weighted by atomic mass is 35.5. The standard InChI is InChI=1S/C50H63ClN8O7S/c1-29(2)42(46(64)59-26-36(60)22-40(59)45(63)56-30(3)32-12-14-33(15-13-32)43-31(4)55-28-67-43)57-41(61)27-65-21-11-9-10-20-53-35-17-19-39(54-25-35)44(62)58-47-49(5,6)48(50(47,7)8)66-37-18-16-34(24-52)38(51)23-37/h12-19,23,25,28-30,36,40,42,47-48,53,60H,9-11,20-22,26-27H2,1-8H3,(H,56,63)(H,57,61)(H,58,62)/t30?,36-,40+,42?,47-,48-/m1/s1. The van der Waals surface area contributed by atoms with Crippen molar-refractivity contribution in [2.24, 2.45) is 16.7 Å². The zero-order valence-electron chi connectivity index (χ0n) is 39.5. The number of rotatable bonds is 20. The first kappa shape index (κ1) is 50.8. The summed E-state index contributed by atoms with van der Waals surface area (Å²) in [5.41, 5.74) is 5.38. The highest BCUT2D eigenvalue weighted by molar-refractivity contribution is 7.13. The maximum atomic E-state index is 13.8. The number of pyridine rings is 1. The van der Waals surface area contributed by atoms with Crippen LogP contribution in [0, 0.1) is 35.0 Å². The Hall–Kier alpha value is -5.60. The van der Waals surface area contributed by atoms with E-state index >= 15 is 0 Å². The number of carbonyl (C=O) groups is 4. The number of β-amino-alcohol motifs (C(OH)–C–C–N with tert-alkyl or cyclic N) is 1. The molecule has 2 aromatic carbocycles. The third-order valence-corrected chi connectivity index (χ3v) is 14.1. The van der Waals surface area contributed by atoms with Gasteiger partial charge in [0.05, 0.1) is 50.7 Å². The van der Waals surface area contributed by atoms with Gasteiger partial charge in [0.1, 0.15) is 42.3 Å². The molecule has 4 atom stereocenters. The van der Waals surface area contributed by atoms with Crippen molar-refractivity contribution in [1.29, 1.82) is 5.26 Å². The number of halogens is 1. The van der Waals surface area contributed by atoms with Crippen LogP contribution in [0.5, 0.6) is 5.75 Å². The van der Waals surface area contributed by atoms with Crippen LogP contribution in [0.4, 0.5) is 5.69 Å². The molecule has 4 aromatic rings. The molecule has 6 rings (SSSR count). The number of ether oxygens (including phenoxy) is 2. The van der Waals surface area contributed by atoms with E-state index in [9.17, 15) is 29.5 Å².